The first kappa shape index (κ1) is 9.90. The van der Waals surface area contributed by atoms with Gasteiger partial charge in [0, 0.05) is 11.5 Å². The van der Waals surface area contributed by atoms with Gasteiger partial charge in [-0.05, 0) is 12.1 Å². The summed E-state index contributed by atoms with van der Waals surface area (Å²) >= 11 is 1.70. The molecule has 2 amide bonds. The molecule has 0 aromatic heterocycles. The van der Waals surface area contributed by atoms with E-state index >= 15 is 0 Å². The van der Waals surface area contributed by atoms with E-state index < -0.39 is 0 Å². The van der Waals surface area contributed by atoms with Crippen LogP contribution in [0.1, 0.15) is 0 Å². The molecule has 2 saturated heterocycles. The highest BCUT2D eigenvalue weighted by Gasteiger charge is 2.50. The van der Waals surface area contributed by atoms with Crippen LogP contribution in [0, 0.1) is 11.8 Å². The second kappa shape index (κ2) is 3.63. The summed E-state index contributed by atoms with van der Waals surface area (Å²) in [6, 6.07) is 9.19. The summed E-state index contributed by atoms with van der Waals surface area (Å²) in [6.45, 7) is 0. The lowest BCUT2D eigenvalue weighted by Gasteiger charge is -2.15. The third kappa shape index (κ3) is 1.29. The number of thioether (sulfide) groups is 1. The second-order valence-corrected chi connectivity index (χ2v) is 5.17. The Kier molecular flexibility index (Phi) is 2.24. The number of carbonyl (C=O) groups excluding carboxylic acids is 2. The van der Waals surface area contributed by atoms with Crippen molar-refractivity contribution in [2.45, 2.75) is 0 Å². The van der Waals surface area contributed by atoms with Crippen LogP contribution in [0.15, 0.2) is 30.3 Å². The first-order valence-electron chi connectivity index (χ1n) is 5.29. The molecule has 1 aromatic carbocycles. The number of amides is 2. The zero-order valence-corrected chi connectivity index (χ0v) is 9.44. The molecule has 0 radical (unpaired) electrons. The number of anilines is 1. The Bertz CT molecular complexity index is 424. The van der Waals surface area contributed by atoms with Crippen molar-refractivity contribution in [1.29, 1.82) is 0 Å². The van der Waals surface area contributed by atoms with Gasteiger partial charge in [0.05, 0.1) is 17.5 Å². The summed E-state index contributed by atoms with van der Waals surface area (Å²) in [6.07, 6.45) is 0. The molecule has 0 spiro atoms. The molecule has 4 heteroatoms. The highest BCUT2D eigenvalue weighted by molar-refractivity contribution is 7.99. The SMILES string of the molecule is O=C1C2CSCC2C(=O)N1c1ccccc1. The van der Waals surface area contributed by atoms with Crippen LogP contribution in [-0.4, -0.2) is 23.3 Å². The van der Waals surface area contributed by atoms with E-state index in [1.165, 1.54) is 4.90 Å². The summed E-state index contributed by atoms with van der Waals surface area (Å²) in [7, 11) is 0. The molecule has 0 N–H and O–H groups in total. The Hall–Kier alpha value is -1.29. The fourth-order valence-electron chi connectivity index (χ4n) is 2.31. The fourth-order valence-corrected chi connectivity index (χ4v) is 3.71. The Morgan fingerprint density at radius 1 is 1.00 bits per heavy atom. The van der Waals surface area contributed by atoms with Crippen LogP contribution in [-0.2, 0) is 9.59 Å². The summed E-state index contributed by atoms with van der Waals surface area (Å²) in [5.41, 5.74) is 0.705. The highest BCUT2D eigenvalue weighted by atomic mass is 32.2. The minimum atomic E-state index is -0.0855. The number of hydrogen-bond acceptors (Lipinski definition) is 3. The first-order chi connectivity index (χ1) is 7.79. The van der Waals surface area contributed by atoms with Crippen molar-refractivity contribution in [2.75, 3.05) is 16.4 Å². The van der Waals surface area contributed by atoms with Gasteiger partial charge in [-0.1, -0.05) is 18.2 Å². The van der Waals surface area contributed by atoms with E-state index in [0.717, 1.165) is 11.5 Å². The Balaban J connectivity index is 1.98. The van der Waals surface area contributed by atoms with E-state index in [4.69, 9.17) is 0 Å². The van der Waals surface area contributed by atoms with Gasteiger partial charge in [-0.25, -0.2) is 0 Å². The topological polar surface area (TPSA) is 37.4 Å². The summed E-state index contributed by atoms with van der Waals surface area (Å²) < 4.78 is 0. The molecule has 3 rings (SSSR count). The molecule has 16 heavy (non-hydrogen) atoms. The third-order valence-electron chi connectivity index (χ3n) is 3.17. The maximum Gasteiger partial charge on any atom is 0.238 e. The van der Waals surface area contributed by atoms with Gasteiger partial charge in [-0.3, -0.25) is 14.5 Å². The molecule has 2 atom stereocenters. The van der Waals surface area contributed by atoms with Crippen molar-refractivity contribution in [3.05, 3.63) is 30.3 Å². The van der Waals surface area contributed by atoms with Gasteiger partial charge < -0.3 is 0 Å². The van der Waals surface area contributed by atoms with Gasteiger partial charge in [0.25, 0.3) is 0 Å². The van der Waals surface area contributed by atoms with Crippen LogP contribution in [0.4, 0.5) is 5.69 Å². The monoisotopic (exact) mass is 233 g/mol. The van der Waals surface area contributed by atoms with E-state index in [2.05, 4.69) is 0 Å². The van der Waals surface area contributed by atoms with Gasteiger partial charge in [0.15, 0.2) is 0 Å². The number of para-hydroxylation sites is 1. The third-order valence-corrected chi connectivity index (χ3v) is 4.36. The van der Waals surface area contributed by atoms with Crippen LogP contribution >= 0.6 is 11.8 Å². The predicted molar refractivity (Wildman–Crippen MR) is 63.2 cm³/mol. The highest BCUT2D eigenvalue weighted by Crippen LogP contribution is 2.39. The molecular weight excluding hydrogens is 222 g/mol. The van der Waals surface area contributed by atoms with Crippen molar-refractivity contribution >= 4 is 29.3 Å². The van der Waals surface area contributed by atoms with Gasteiger partial charge >= 0.3 is 0 Å². The molecule has 3 nitrogen and oxygen atoms in total. The average Bonchev–Trinajstić information content (AvgIpc) is 2.86. The van der Waals surface area contributed by atoms with Crippen molar-refractivity contribution < 1.29 is 9.59 Å². The molecule has 82 valence electrons. The number of imide groups is 1. The van der Waals surface area contributed by atoms with Gasteiger partial charge in [-0.15, -0.1) is 0 Å². The van der Waals surface area contributed by atoms with E-state index in [9.17, 15) is 9.59 Å². The number of rotatable bonds is 1. The number of nitrogens with zero attached hydrogens (tertiary/aromatic N) is 1. The lowest BCUT2D eigenvalue weighted by Crippen LogP contribution is -2.31. The Morgan fingerprint density at radius 2 is 1.56 bits per heavy atom. The van der Waals surface area contributed by atoms with Gasteiger partial charge in [-0.2, -0.15) is 11.8 Å². The normalized spacial score (nSPS) is 28.6. The van der Waals surface area contributed by atoms with Crippen molar-refractivity contribution in [3.8, 4) is 0 Å². The van der Waals surface area contributed by atoms with E-state index in [1.807, 2.05) is 30.3 Å². The number of hydrogen-bond donors (Lipinski definition) is 0. The van der Waals surface area contributed by atoms with Crippen molar-refractivity contribution in [3.63, 3.8) is 0 Å². The summed E-state index contributed by atoms with van der Waals surface area (Å²) in [4.78, 5) is 25.5. The number of benzene rings is 1. The minimum absolute atomic E-state index is 0.0220. The first-order valence-corrected chi connectivity index (χ1v) is 6.45. The molecule has 0 bridgehead atoms. The molecule has 2 aliphatic heterocycles. The maximum absolute atomic E-state index is 12.1. The fraction of sp³-hybridized carbons (Fsp3) is 0.333. The number of carbonyl (C=O) groups is 2. The molecule has 2 aliphatic rings. The van der Waals surface area contributed by atoms with E-state index in [1.54, 1.807) is 11.8 Å². The largest absolute Gasteiger partial charge is 0.274 e. The standard InChI is InChI=1S/C12H11NO2S/c14-11-9-6-16-7-10(9)12(15)13(11)8-4-2-1-3-5-8/h1-5,9-10H,6-7H2. The zero-order chi connectivity index (χ0) is 11.1. The lowest BCUT2D eigenvalue weighted by molar-refractivity contribution is -0.122. The Morgan fingerprint density at radius 3 is 2.12 bits per heavy atom. The minimum Gasteiger partial charge on any atom is -0.274 e. The molecule has 1 aromatic rings. The van der Waals surface area contributed by atoms with Crippen LogP contribution in [0.25, 0.3) is 0 Å². The maximum atomic E-state index is 12.1. The average molecular weight is 233 g/mol. The molecular formula is C12H11NO2S. The lowest BCUT2D eigenvalue weighted by atomic mass is 10.00. The van der Waals surface area contributed by atoms with Crippen molar-refractivity contribution in [1.82, 2.24) is 0 Å². The molecule has 2 unspecified atom stereocenters. The van der Waals surface area contributed by atoms with Crippen LogP contribution < -0.4 is 4.90 Å². The van der Waals surface area contributed by atoms with Crippen molar-refractivity contribution in [2.24, 2.45) is 11.8 Å². The molecule has 2 fully saturated rings. The molecule has 0 aliphatic carbocycles. The molecule has 2 heterocycles. The van der Waals surface area contributed by atoms with E-state index in [0.29, 0.717) is 5.69 Å². The van der Waals surface area contributed by atoms with Gasteiger partial charge in [0.2, 0.25) is 11.8 Å². The number of fused-ring (bicyclic) bond motifs is 1. The van der Waals surface area contributed by atoms with Crippen LogP contribution in [0.3, 0.4) is 0 Å². The zero-order valence-electron chi connectivity index (χ0n) is 8.63. The van der Waals surface area contributed by atoms with E-state index in [-0.39, 0.29) is 23.7 Å². The van der Waals surface area contributed by atoms with Crippen LogP contribution in [0.5, 0.6) is 0 Å². The predicted octanol–water partition coefficient (Wildman–Crippen LogP) is 1.54. The summed E-state index contributed by atoms with van der Waals surface area (Å²) in [5.74, 6) is 1.37. The smallest absolute Gasteiger partial charge is 0.238 e. The molecule has 0 saturated carbocycles. The Labute approximate surface area is 97.8 Å². The quantitative estimate of drug-likeness (QED) is 0.690. The second-order valence-electron chi connectivity index (χ2n) is 4.10. The van der Waals surface area contributed by atoms with Gasteiger partial charge in [0.1, 0.15) is 0 Å². The summed E-state index contributed by atoms with van der Waals surface area (Å²) in [5, 5.41) is 0. The van der Waals surface area contributed by atoms with Crippen LogP contribution in [0.2, 0.25) is 0 Å².